The molecule has 360 valence electrons. The third-order valence-electron chi connectivity index (χ3n) is 12.1. The Bertz CT molecular complexity index is 2220. The van der Waals surface area contributed by atoms with Crippen LogP contribution in [0.15, 0.2) is 96.0 Å². The molecular weight excluding hydrogens is 861 g/mol. The molecule has 3 aromatic rings. The summed E-state index contributed by atoms with van der Waals surface area (Å²) in [4.78, 5) is 90.7. The molecule has 18 heteroatoms. The maximum absolute atomic E-state index is 14.4. The number of aliphatic imine (C=N–C) groups is 1. The van der Waals surface area contributed by atoms with Gasteiger partial charge in [0.1, 0.15) is 29.6 Å². The second kappa shape index (κ2) is 22.5. The summed E-state index contributed by atoms with van der Waals surface area (Å²) in [5.41, 5.74) is 1.38. The standard InChI is InChI=1S/C49H64N8O10/c1-29(58)40(55-46(63)41(30(2)59)54-43(60)34-22-15-23-50-34)45(62)52-35(24-31-16-9-6-10-17-31)42-51-37-27-56(28-39(37)57(42)48(66)67-49(3,4)5)38(26-33-20-13-8-14-21-33)44(61)53-36(47(64)65)25-32-18-11-7-12-19-32/h6-14,16-21,29-30,34-41,50,58-59H,15,22-28H2,1-5H3,(H,52,62)(H,53,61)(H,54,60)(H,55,63)(H,64,65)/t29-,30-,34-,35+,36+,37+,38+,39-,40+,41+/m1/s1. The second-order valence-corrected chi connectivity index (χ2v) is 18.6. The van der Waals surface area contributed by atoms with E-state index in [4.69, 9.17) is 9.73 Å². The van der Waals surface area contributed by atoms with Gasteiger partial charge in [-0.05, 0) is 83.5 Å². The number of aliphatic hydroxyl groups is 2. The van der Waals surface area contributed by atoms with Gasteiger partial charge in [0.25, 0.3) is 0 Å². The molecule has 2 fully saturated rings. The number of carbonyl (C=O) groups excluding carboxylic acids is 5. The quantitative estimate of drug-likeness (QED) is 0.0849. The first kappa shape index (κ1) is 50.2. The average molecular weight is 925 g/mol. The molecule has 2 saturated heterocycles. The molecule has 67 heavy (non-hydrogen) atoms. The van der Waals surface area contributed by atoms with Crippen LogP contribution in [0, 0.1) is 0 Å². The number of carboxylic acids is 1. The number of hydrogen-bond acceptors (Lipinski definition) is 12. The van der Waals surface area contributed by atoms with E-state index in [2.05, 4.69) is 26.6 Å². The van der Waals surface area contributed by atoms with Gasteiger partial charge in [0.05, 0.1) is 42.4 Å². The first-order valence-electron chi connectivity index (χ1n) is 22.9. The predicted molar refractivity (Wildman–Crippen MR) is 249 cm³/mol. The summed E-state index contributed by atoms with van der Waals surface area (Å²) in [5.74, 6) is -3.74. The van der Waals surface area contributed by atoms with E-state index in [1.54, 1.807) is 45.0 Å². The minimum atomic E-state index is -1.57. The Morgan fingerprint density at radius 3 is 1.79 bits per heavy atom. The number of aliphatic hydroxyl groups excluding tert-OH is 2. The van der Waals surface area contributed by atoms with E-state index >= 15 is 0 Å². The Morgan fingerprint density at radius 1 is 0.731 bits per heavy atom. The number of carboxylic acid groups (broad SMARTS) is 1. The smallest absolute Gasteiger partial charge is 0.416 e. The molecule has 6 rings (SSSR count). The number of amides is 5. The third-order valence-corrected chi connectivity index (χ3v) is 12.1. The van der Waals surface area contributed by atoms with E-state index in [9.17, 15) is 44.1 Å². The number of fused-ring (bicyclic) bond motifs is 1. The van der Waals surface area contributed by atoms with Gasteiger partial charge in [0.15, 0.2) is 0 Å². The van der Waals surface area contributed by atoms with Crippen molar-refractivity contribution >= 4 is 41.5 Å². The van der Waals surface area contributed by atoms with Crippen LogP contribution in [0.2, 0.25) is 0 Å². The molecule has 5 amide bonds. The van der Waals surface area contributed by atoms with Crippen LogP contribution in [0.1, 0.15) is 64.2 Å². The molecule has 3 heterocycles. The lowest BCUT2D eigenvalue weighted by atomic mass is 10.0. The molecule has 0 bridgehead atoms. The Balaban J connectivity index is 1.30. The zero-order valence-electron chi connectivity index (χ0n) is 38.6. The first-order chi connectivity index (χ1) is 31.9. The maximum atomic E-state index is 14.4. The van der Waals surface area contributed by atoms with Crippen molar-refractivity contribution in [2.24, 2.45) is 4.99 Å². The minimum absolute atomic E-state index is 0.0647. The predicted octanol–water partition coefficient (Wildman–Crippen LogP) is 1.32. The molecule has 3 aliphatic rings. The summed E-state index contributed by atoms with van der Waals surface area (Å²) in [6.45, 7) is 8.73. The highest BCUT2D eigenvalue weighted by molar-refractivity contribution is 6.03. The van der Waals surface area contributed by atoms with Crippen molar-refractivity contribution < 1.29 is 48.8 Å². The lowest BCUT2D eigenvalue weighted by Crippen LogP contribution is -2.62. The van der Waals surface area contributed by atoms with Crippen molar-refractivity contribution in [2.75, 3.05) is 19.6 Å². The van der Waals surface area contributed by atoms with Gasteiger partial charge >= 0.3 is 12.1 Å². The molecule has 18 nitrogen and oxygen atoms in total. The SMILES string of the molecule is C[C@@H](O)[C@H](NC(=O)[C@@H](NC(=O)[C@H]1CCCN1)[C@@H](C)O)C(=O)N[C@@H](Cc1ccccc1)C1=N[C@H]2CN([C@@H](Cc3ccccc3)C(=O)N[C@@H](Cc3ccccc3)C(=O)O)C[C@H]2N1C(=O)OC(C)(C)C. The molecule has 0 aromatic heterocycles. The Morgan fingerprint density at radius 2 is 1.27 bits per heavy atom. The van der Waals surface area contributed by atoms with E-state index in [1.165, 1.54) is 18.7 Å². The van der Waals surface area contributed by atoms with Gasteiger partial charge in [-0.3, -0.25) is 34.0 Å². The average Bonchev–Trinajstić information content (AvgIpc) is 4.04. The third kappa shape index (κ3) is 13.5. The van der Waals surface area contributed by atoms with Crippen LogP contribution in [0.25, 0.3) is 0 Å². The number of nitrogens with zero attached hydrogens (tertiary/aromatic N) is 3. The maximum Gasteiger partial charge on any atom is 0.416 e. The number of benzene rings is 3. The van der Waals surface area contributed by atoms with Crippen molar-refractivity contribution in [1.29, 1.82) is 0 Å². The van der Waals surface area contributed by atoms with Gasteiger partial charge in [-0.1, -0.05) is 91.0 Å². The van der Waals surface area contributed by atoms with Crippen molar-refractivity contribution in [1.82, 2.24) is 36.4 Å². The molecule has 0 radical (unpaired) electrons. The van der Waals surface area contributed by atoms with E-state index in [0.29, 0.717) is 13.0 Å². The fourth-order valence-corrected chi connectivity index (χ4v) is 8.71. The second-order valence-electron chi connectivity index (χ2n) is 18.6. The number of nitrogens with one attached hydrogen (secondary N) is 5. The number of hydrogen-bond donors (Lipinski definition) is 8. The summed E-state index contributed by atoms with van der Waals surface area (Å²) in [6.07, 6.45) is -1.83. The molecule has 0 saturated carbocycles. The van der Waals surface area contributed by atoms with Crippen molar-refractivity contribution in [3.05, 3.63) is 108 Å². The monoisotopic (exact) mass is 924 g/mol. The zero-order valence-corrected chi connectivity index (χ0v) is 38.6. The first-order valence-corrected chi connectivity index (χ1v) is 22.9. The van der Waals surface area contributed by atoms with Gasteiger partial charge < -0.3 is 46.6 Å². The molecule has 0 aliphatic carbocycles. The Kier molecular flexibility index (Phi) is 16.9. The summed E-state index contributed by atoms with van der Waals surface area (Å²) in [5, 5.41) is 45.6. The van der Waals surface area contributed by atoms with Crippen LogP contribution in [0.3, 0.4) is 0 Å². The Hall–Kier alpha value is -6.21. The molecule has 3 aliphatic heterocycles. The van der Waals surface area contributed by atoms with Crippen molar-refractivity contribution in [3.8, 4) is 0 Å². The van der Waals surface area contributed by atoms with Crippen LogP contribution in [0.5, 0.6) is 0 Å². The molecular formula is C49H64N8O10. The molecule has 0 unspecified atom stereocenters. The highest BCUT2D eigenvalue weighted by Gasteiger charge is 2.51. The van der Waals surface area contributed by atoms with Crippen molar-refractivity contribution in [3.63, 3.8) is 0 Å². The summed E-state index contributed by atoms with van der Waals surface area (Å²) < 4.78 is 5.97. The van der Waals surface area contributed by atoms with E-state index in [0.717, 1.165) is 23.1 Å². The van der Waals surface area contributed by atoms with Crippen LogP contribution in [-0.2, 0) is 48.0 Å². The van der Waals surface area contributed by atoms with E-state index in [-0.39, 0.29) is 38.2 Å². The van der Waals surface area contributed by atoms with Crippen LogP contribution in [0.4, 0.5) is 4.79 Å². The van der Waals surface area contributed by atoms with Crippen LogP contribution < -0.4 is 26.6 Å². The molecule has 0 spiro atoms. The molecule has 8 N–H and O–H groups in total. The van der Waals surface area contributed by atoms with Gasteiger partial charge in [0.2, 0.25) is 23.6 Å². The van der Waals surface area contributed by atoms with Crippen molar-refractivity contribution in [2.45, 2.75) is 133 Å². The normalized spacial score (nSPS) is 21.3. The Labute approximate surface area is 390 Å². The molecule has 10 atom stereocenters. The van der Waals surface area contributed by atoms with Crippen LogP contribution >= 0.6 is 0 Å². The highest BCUT2D eigenvalue weighted by Crippen LogP contribution is 2.32. The lowest BCUT2D eigenvalue weighted by molar-refractivity contribution is -0.142. The molecule has 3 aromatic carbocycles. The lowest BCUT2D eigenvalue weighted by Gasteiger charge is -2.34. The van der Waals surface area contributed by atoms with E-state index < -0.39 is 102 Å². The highest BCUT2D eigenvalue weighted by atomic mass is 16.6. The largest absolute Gasteiger partial charge is 0.480 e. The number of carbonyl (C=O) groups is 6. The fourth-order valence-electron chi connectivity index (χ4n) is 8.71. The number of amidine groups is 1. The fraction of sp³-hybridized carbons (Fsp3) is 0.490. The number of ether oxygens (including phenoxy) is 1. The van der Waals surface area contributed by atoms with Gasteiger partial charge in [-0.15, -0.1) is 0 Å². The summed E-state index contributed by atoms with van der Waals surface area (Å²) >= 11 is 0. The number of aliphatic carboxylic acids is 1. The van der Waals surface area contributed by atoms with E-state index in [1.807, 2.05) is 71.6 Å². The summed E-state index contributed by atoms with van der Waals surface area (Å²) in [6, 6.07) is 19.5. The van der Waals surface area contributed by atoms with Gasteiger partial charge in [0, 0.05) is 19.5 Å². The van der Waals surface area contributed by atoms with Crippen LogP contribution in [-0.4, -0.2) is 152 Å². The van der Waals surface area contributed by atoms with Gasteiger partial charge in [-0.2, -0.15) is 0 Å². The number of likely N-dealkylation sites (tertiary alicyclic amines) is 1. The summed E-state index contributed by atoms with van der Waals surface area (Å²) in [7, 11) is 0. The number of rotatable bonds is 19. The van der Waals surface area contributed by atoms with Gasteiger partial charge in [-0.25, -0.2) is 9.59 Å². The zero-order chi connectivity index (χ0) is 48.4. The minimum Gasteiger partial charge on any atom is -0.480 e. The topological polar surface area (TPSA) is 251 Å².